The van der Waals surface area contributed by atoms with Gasteiger partial charge in [-0.05, 0) is 50.4 Å². The number of nitrogens with one attached hydrogen (secondary N) is 1. The minimum atomic E-state index is -0.610. The zero-order valence-electron chi connectivity index (χ0n) is 15.8. The van der Waals surface area contributed by atoms with Crippen molar-refractivity contribution < 1.29 is 18.8 Å². The molecule has 2 heterocycles. The molecule has 2 aromatic heterocycles. The van der Waals surface area contributed by atoms with E-state index in [9.17, 15) is 4.79 Å². The second kappa shape index (κ2) is 7.03. The van der Waals surface area contributed by atoms with E-state index in [-0.39, 0.29) is 11.9 Å². The molecule has 0 radical (unpaired) electrons. The summed E-state index contributed by atoms with van der Waals surface area (Å²) in [5, 5.41) is 6.76. The molecule has 0 aliphatic heterocycles. The number of carbonyl (C=O) groups is 1. The molecule has 0 unspecified atom stereocenters. The van der Waals surface area contributed by atoms with Gasteiger partial charge in [-0.15, -0.1) is 0 Å². The molecular formula is C19H23N5O4. The number of amides is 1. The number of aryl methyl sites for hydroxylation is 1. The number of ether oxygens (including phenoxy) is 2. The van der Waals surface area contributed by atoms with Gasteiger partial charge < -0.3 is 19.3 Å². The van der Waals surface area contributed by atoms with E-state index in [1.165, 1.54) is 19.0 Å². The Bertz CT molecular complexity index is 873. The molecule has 9 nitrogen and oxygen atoms in total. The molecule has 28 heavy (non-hydrogen) atoms. The van der Waals surface area contributed by atoms with Gasteiger partial charge in [-0.2, -0.15) is 9.97 Å². The molecular weight excluding hydrogens is 362 g/mol. The fourth-order valence-electron chi connectivity index (χ4n) is 3.16. The third-order valence-electron chi connectivity index (χ3n) is 5.25. The standard InChI is InChI=1S/C19H23N5O4/c1-10-21-17(24-28-10)15(12-4-5-12)23-19(25)27-14-8-20-16(13-6-7-13)18(22-14)26-9-11-2-3-11/h8,11-13,15H,2-7,9H2,1H3,(H,23,25)/t15-/m0/s1. The van der Waals surface area contributed by atoms with Crippen LogP contribution in [0.2, 0.25) is 0 Å². The lowest BCUT2D eigenvalue weighted by atomic mass is 10.2. The number of aromatic nitrogens is 4. The molecule has 3 aliphatic rings. The Labute approximate surface area is 162 Å². The highest BCUT2D eigenvalue weighted by molar-refractivity contribution is 5.70. The first-order valence-electron chi connectivity index (χ1n) is 9.94. The van der Waals surface area contributed by atoms with Crippen molar-refractivity contribution >= 4 is 6.09 Å². The molecule has 3 aliphatic carbocycles. The zero-order chi connectivity index (χ0) is 19.1. The van der Waals surface area contributed by atoms with E-state index in [4.69, 9.17) is 14.0 Å². The zero-order valence-corrected chi connectivity index (χ0v) is 15.8. The van der Waals surface area contributed by atoms with E-state index in [0.29, 0.717) is 42.0 Å². The summed E-state index contributed by atoms with van der Waals surface area (Å²) in [7, 11) is 0. The normalized spacial score (nSPS) is 19.9. The Kier molecular flexibility index (Phi) is 4.37. The highest BCUT2D eigenvalue weighted by Gasteiger charge is 2.37. The molecule has 3 fully saturated rings. The quantitative estimate of drug-likeness (QED) is 0.738. The summed E-state index contributed by atoms with van der Waals surface area (Å²) in [5.41, 5.74) is 0.867. The van der Waals surface area contributed by atoms with Gasteiger partial charge in [0.2, 0.25) is 17.7 Å². The molecule has 9 heteroatoms. The second-order valence-corrected chi connectivity index (χ2v) is 7.95. The van der Waals surface area contributed by atoms with Crippen LogP contribution in [0.5, 0.6) is 11.8 Å². The minimum absolute atomic E-state index is 0.131. The maximum Gasteiger partial charge on any atom is 0.414 e. The fraction of sp³-hybridized carbons (Fsp3) is 0.632. The number of carbonyl (C=O) groups excluding carboxylic acids is 1. The minimum Gasteiger partial charge on any atom is -0.476 e. The third-order valence-corrected chi connectivity index (χ3v) is 5.25. The first kappa shape index (κ1) is 17.4. The van der Waals surface area contributed by atoms with Gasteiger partial charge in [0.05, 0.1) is 18.8 Å². The van der Waals surface area contributed by atoms with E-state index >= 15 is 0 Å². The first-order chi connectivity index (χ1) is 13.7. The van der Waals surface area contributed by atoms with Crippen LogP contribution >= 0.6 is 0 Å². The Morgan fingerprint density at radius 3 is 2.71 bits per heavy atom. The van der Waals surface area contributed by atoms with Crippen LogP contribution in [0.15, 0.2) is 10.7 Å². The highest BCUT2D eigenvalue weighted by Crippen LogP contribution is 2.43. The Morgan fingerprint density at radius 1 is 1.25 bits per heavy atom. The van der Waals surface area contributed by atoms with E-state index in [2.05, 4.69) is 25.4 Å². The van der Waals surface area contributed by atoms with Gasteiger partial charge in [-0.1, -0.05) is 5.16 Å². The number of rotatable bonds is 8. The van der Waals surface area contributed by atoms with Crippen molar-refractivity contribution in [1.82, 2.24) is 25.4 Å². The summed E-state index contributed by atoms with van der Waals surface area (Å²) in [5.74, 6) is 2.88. The van der Waals surface area contributed by atoms with Gasteiger partial charge in [-0.3, -0.25) is 0 Å². The molecule has 1 amide bonds. The molecule has 1 N–H and O–H groups in total. The summed E-state index contributed by atoms with van der Waals surface area (Å²) < 4.78 is 16.3. The summed E-state index contributed by atoms with van der Waals surface area (Å²) in [4.78, 5) is 25.5. The van der Waals surface area contributed by atoms with Crippen LogP contribution in [-0.2, 0) is 0 Å². The van der Waals surface area contributed by atoms with Crippen LogP contribution in [0, 0.1) is 18.8 Å². The van der Waals surface area contributed by atoms with Crippen molar-refractivity contribution in [3.05, 3.63) is 23.6 Å². The van der Waals surface area contributed by atoms with Crippen LogP contribution in [0.25, 0.3) is 0 Å². The smallest absolute Gasteiger partial charge is 0.414 e. The van der Waals surface area contributed by atoms with Gasteiger partial charge in [-0.25, -0.2) is 9.78 Å². The topological polar surface area (TPSA) is 112 Å². The van der Waals surface area contributed by atoms with E-state index in [1.54, 1.807) is 6.92 Å². The predicted molar refractivity (Wildman–Crippen MR) is 95.9 cm³/mol. The maximum absolute atomic E-state index is 12.4. The third kappa shape index (κ3) is 4.07. The Hall–Kier alpha value is -2.71. The molecule has 2 aromatic rings. The number of hydrogen-bond acceptors (Lipinski definition) is 8. The van der Waals surface area contributed by atoms with Crippen molar-refractivity contribution in [1.29, 1.82) is 0 Å². The van der Waals surface area contributed by atoms with Crippen LogP contribution in [0.4, 0.5) is 4.79 Å². The molecule has 0 aromatic carbocycles. The molecule has 5 rings (SSSR count). The van der Waals surface area contributed by atoms with Crippen molar-refractivity contribution in [3.63, 3.8) is 0 Å². The molecule has 3 saturated carbocycles. The van der Waals surface area contributed by atoms with E-state index in [0.717, 1.165) is 31.4 Å². The molecule has 1 atom stereocenters. The largest absolute Gasteiger partial charge is 0.476 e. The van der Waals surface area contributed by atoms with Gasteiger partial charge in [0.15, 0.2) is 5.82 Å². The summed E-state index contributed by atoms with van der Waals surface area (Å²) in [6.07, 6.45) is 7.49. The fourth-order valence-corrected chi connectivity index (χ4v) is 3.16. The van der Waals surface area contributed by atoms with Gasteiger partial charge in [0, 0.05) is 12.8 Å². The van der Waals surface area contributed by atoms with Crippen molar-refractivity contribution in [2.75, 3.05) is 6.61 Å². The Morgan fingerprint density at radius 2 is 2.07 bits per heavy atom. The van der Waals surface area contributed by atoms with Crippen LogP contribution in [0.1, 0.15) is 67.9 Å². The molecule has 148 valence electrons. The van der Waals surface area contributed by atoms with Crippen molar-refractivity contribution in [3.8, 4) is 11.8 Å². The number of hydrogen-bond donors (Lipinski definition) is 1. The van der Waals surface area contributed by atoms with Gasteiger partial charge >= 0.3 is 6.09 Å². The molecule has 0 saturated heterocycles. The first-order valence-corrected chi connectivity index (χ1v) is 9.94. The van der Waals surface area contributed by atoms with Gasteiger partial charge in [0.1, 0.15) is 5.69 Å². The average Bonchev–Trinajstić information content (AvgIpc) is 3.52. The van der Waals surface area contributed by atoms with Crippen LogP contribution < -0.4 is 14.8 Å². The SMILES string of the molecule is Cc1nc([C@@H](NC(=O)Oc2cnc(C3CC3)c(OCC3CC3)n2)C2CC2)no1. The predicted octanol–water partition coefficient (Wildman–Crippen LogP) is 3.07. The lowest BCUT2D eigenvalue weighted by molar-refractivity contribution is 0.190. The lowest BCUT2D eigenvalue weighted by Gasteiger charge is -2.15. The Balaban J connectivity index is 1.26. The van der Waals surface area contributed by atoms with Crippen molar-refractivity contribution in [2.45, 2.75) is 57.4 Å². The van der Waals surface area contributed by atoms with Crippen LogP contribution in [-0.4, -0.2) is 32.8 Å². The highest BCUT2D eigenvalue weighted by atomic mass is 16.6. The van der Waals surface area contributed by atoms with Crippen LogP contribution in [0.3, 0.4) is 0 Å². The van der Waals surface area contributed by atoms with E-state index < -0.39 is 6.09 Å². The summed E-state index contributed by atoms with van der Waals surface area (Å²) >= 11 is 0. The number of nitrogens with zero attached hydrogens (tertiary/aromatic N) is 4. The average molecular weight is 385 g/mol. The van der Waals surface area contributed by atoms with Gasteiger partial charge in [0.25, 0.3) is 0 Å². The monoisotopic (exact) mass is 385 g/mol. The maximum atomic E-state index is 12.4. The summed E-state index contributed by atoms with van der Waals surface area (Å²) in [6.45, 7) is 2.37. The lowest BCUT2D eigenvalue weighted by Crippen LogP contribution is -2.33. The summed E-state index contributed by atoms with van der Waals surface area (Å²) in [6, 6.07) is -0.325. The van der Waals surface area contributed by atoms with E-state index in [1.807, 2.05) is 0 Å². The van der Waals surface area contributed by atoms with Crippen molar-refractivity contribution in [2.24, 2.45) is 11.8 Å². The second-order valence-electron chi connectivity index (χ2n) is 7.95. The molecule has 0 spiro atoms. The molecule has 0 bridgehead atoms.